The molecular weight excluding hydrogens is 470 g/mol. The van der Waals surface area contributed by atoms with Crippen LogP contribution in [0.2, 0.25) is 0 Å². The summed E-state index contributed by atoms with van der Waals surface area (Å²) in [7, 11) is 0. The molecule has 2 aromatic carbocycles. The highest BCUT2D eigenvalue weighted by Gasteiger charge is 2.25. The second-order valence-electron chi connectivity index (χ2n) is 9.96. The van der Waals surface area contributed by atoms with Gasteiger partial charge in [0.15, 0.2) is 5.82 Å². The summed E-state index contributed by atoms with van der Waals surface area (Å²) in [6, 6.07) is 20.5. The summed E-state index contributed by atoms with van der Waals surface area (Å²) in [5, 5.41) is 7.56. The van der Waals surface area contributed by atoms with Crippen molar-refractivity contribution in [2.24, 2.45) is 0 Å². The number of aromatic nitrogens is 2. The molecule has 2 N–H and O–H groups in total. The molecule has 0 bridgehead atoms. The third kappa shape index (κ3) is 5.60. The zero-order valence-electron chi connectivity index (χ0n) is 20.8. The van der Waals surface area contributed by atoms with Gasteiger partial charge in [0, 0.05) is 30.9 Å². The van der Waals surface area contributed by atoms with Gasteiger partial charge in [-0.2, -0.15) is 0 Å². The molecule has 0 aliphatic carbocycles. The number of anilines is 3. The summed E-state index contributed by atoms with van der Waals surface area (Å²) in [5.41, 5.74) is 3.48. The van der Waals surface area contributed by atoms with Gasteiger partial charge in [0.1, 0.15) is 16.1 Å². The zero-order chi connectivity index (χ0) is 25.1. The lowest BCUT2D eigenvalue weighted by atomic mass is 10.0. The number of amides is 1. The minimum atomic E-state index is -0.515. The van der Waals surface area contributed by atoms with E-state index < -0.39 is 5.60 Å². The van der Waals surface area contributed by atoms with Crippen molar-refractivity contribution in [3.63, 3.8) is 0 Å². The van der Waals surface area contributed by atoms with E-state index >= 15 is 0 Å². The van der Waals surface area contributed by atoms with Crippen LogP contribution in [0.4, 0.5) is 22.0 Å². The Morgan fingerprint density at radius 1 is 1.08 bits per heavy atom. The van der Waals surface area contributed by atoms with Gasteiger partial charge in [-0.25, -0.2) is 14.8 Å². The number of para-hydroxylation sites is 2. The van der Waals surface area contributed by atoms with Gasteiger partial charge in [0.2, 0.25) is 0 Å². The van der Waals surface area contributed by atoms with E-state index in [1.807, 2.05) is 63.4 Å². The molecule has 186 valence electrons. The van der Waals surface area contributed by atoms with Gasteiger partial charge >= 0.3 is 6.09 Å². The van der Waals surface area contributed by atoms with Gasteiger partial charge in [-0.15, -0.1) is 11.3 Å². The van der Waals surface area contributed by atoms with Crippen LogP contribution in [0.3, 0.4) is 0 Å². The van der Waals surface area contributed by atoms with Crippen molar-refractivity contribution in [3.05, 3.63) is 66.9 Å². The molecule has 8 heteroatoms. The molecule has 2 aromatic heterocycles. The normalized spacial score (nSPS) is 16.1. The number of carbonyl (C=O) groups is 1. The molecule has 36 heavy (non-hydrogen) atoms. The third-order valence-electron chi connectivity index (χ3n) is 5.97. The van der Waals surface area contributed by atoms with Crippen LogP contribution in [0.15, 0.2) is 66.9 Å². The number of hydrogen-bond donors (Lipinski definition) is 2. The Balaban J connectivity index is 1.37. The third-order valence-corrected chi connectivity index (χ3v) is 7.04. The van der Waals surface area contributed by atoms with E-state index in [1.165, 1.54) is 0 Å². The number of ether oxygens (including phenoxy) is 1. The maximum atomic E-state index is 12.3. The van der Waals surface area contributed by atoms with Crippen molar-refractivity contribution < 1.29 is 9.53 Å². The van der Waals surface area contributed by atoms with Gasteiger partial charge in [-0.1, -0.05) is 42.5 Å². The maximum Gasteiger partial charge on any atom is 0.407 e. The second-order valence-corrected chi connectivity index (χ2v) is 11.0. The molecule has 1 atom stereocenters. The Labute approximate surface area is 215 Å². The summed E-state index contributed by atoms with van der Waals surface area (Å²) in [6.45, 7) is 7.26. The molecular formula is C28H31N5O2S. The first-order valence-corrected chi connectivity index (χ1v) is 13.1. The van der Waals surface area contributed by atoms with Crippen LogP contribution in [0.1, 0.15) is 33.6 Å². The molecule has 1 aliphatic heterocycles. The van der Waals surface area contributed by atoms with Crippen molar-refractivity contribution in [3.8, 4) is 10.6 Å². The number of carbonyl (C=O) groups excluding carboxylic acids is 1. The molecule has 7 nitrogen and oxygen atoms in total. The number of benzene rings is 2. The summed E-state index contributed by atoms with van der Waals surface area (Å²) in [4.78, 5) is 24.2. The average molecular weight is 502 g/mol. The standard InChI is InChI=1S/C28H31N5O2S/c1-28(2,3)35-27(34)30-20-12-9-17-33(18-20)22-14-8-7-13-21(22)31-25-24-23(15-16-29-25)36-26(32-24)19-10-5-4-6-11-19/h4-8,10-11,13-16,20H,9,12,17-18H2,1-3H3,(H,29,31)(H,30,34). The Hall–Kier alpha value is -3.65. The number of nitrogens with zero attached hydrogens (tertiary/aromatic N) is 3. The summed E-state index contributed by atoms with van der Waals surface area (Å²) in [6.07, 6.45) is 3.36. The zero-order valence-corrected chi connectivity index (χ0v) is 21.6. The Kier molecular flexibility index (Phi) is 6.78. The first-order chi connectivity index (χ1) is 17.4. The summed E-state index contributed by atoms with van der Waals surface area (Å²) < 4.78 is 6.55. The molecule has 1 amide bonds. The van der Waals surface area contributed by atoms with Gasteiger partial charge in [-0.05, 0) is 51.8 Å². The monoisotopic (exact) mass is 501 g/mol. The molecule has 0 radical (unpaired) electrons. The number of alkyl carbamates (subject to hydrolysis) is 1. The molecule has 0 saturated carbocycles. The fourth-order valence-corrected chi connectivity index (χ4v) is 5.39. The number of nitrogens with one attached hydrogen (secondary N) is 2. The number of rotatable bonds is 5. The van der Waals surface area contributed by atoms with Crippen LogP contribution < -0.4 is 15.5 Å². The van der Waals surface area contributed by atoms with E-state index in [9.17, 15) is 4.79 Å². The predicted octanol–water partition coefficient (Wildman–Crippen LogP) is 6.60. The molecule has 4 aromatic rings. The van der Waals surface area contributed by atoms with Crippen LogP contribution in [0.5, 0.6) is 0 Å². The first kappa shape index (κ1) is 24.1. The number of hydrogen-bond acceptors (Lipinski definition) is 7. The van der Waals surface area contributed by atoms with Crippen molar-refractivity contribution >= 4 is 44.8 Å². The van der Waals surface area contributed by atoms with E-state index in [-0.39, 0.29) is 12.1 Å². The lowest BCUT2D eigenvalue weighted by Gasteiger charge is -2.36. The second kappa shape index (κ2) is 10.1. The summed E-state index contributed by atoms with van der Waals surface area (Å²) >= 11 is 1.66. The minimum absolute atomic E-state index is 0.0233. The highest BCUT2D eigenvalue weighted by atomic mass is 32.1. The van der Waals surface area contributed by atoms with Crippen molar-refractivity contribution in [2.45, 2.75) is 45.3 Å². The van der Waals surface area contributed by atoms with Gasteiger partial charge in [0.05, 0.1) is 16.1 Å². The van der Waals surface area contributed by atoms with Crippen LogP contribution in [0.25, 0.3) is 20.8 Å². The molecule has 3 heterocycles. The number of thiazole rings is 1. The fourth-order valence-electron chi connectivity index (χ4n) is 4.42. The maximum absolute atomic E-state index is 12.3. The van der Waals surface area contributed by atoms with Gasteiger partial charge < -0.3 is 20.3 Å². The smallest absolute Gasteiger partial charge is 0.407 e. The lowest BCUT2D eigenvalue weighted by Crippen LogP contribution is -2.49. The molecule has 1 fully saturated rings. The van der Waals surface area contributed by atoms with E-state index in [2.05, 4.69) is 44.8 Å². The predicted molar refractivity (Wildman–Crippen MR) is 147 cm³/mol. The van der Waals surface area contributed by atoms with Crippen molar-refractivity contribution in [2.75, 3.05) is 23.3 Å². The van der Waals surface area contributed by atoms with Crippen LogP contribution in [0, 0.1) is 0 Å². The Morgan fingerprint density at radius 2 is 1.86 bits per heavy atom. The Bertz CT molecular complexity index is 1350. The fraction of sp³-hybridized carbons (Fsp3) is 0.321. The number of pyridine rings is 1. The molecule has 0 spiro atoms. The summed E-state index contributed by atoms with van der Waals surface area (Å²) in [5.74, 6) is 0.735. The van der Waals surface area contributed by atoms with Crippen LogP contribution in [-0.4, -0.2) is 40.8 Å². The molecule has 1 aliphatic rings. The molecule has 5 rings (SSSR count). The van der Waals surface area contributed by atoms with E-state index in [0.717, 1.165) is 57.4 Å². The van der Waals surface area contributed by atoms with Crippen LogP contribution >= 0.6 is 11.3 Å². The van der Waals surface area contributed by atoms with E-state index in [4.69, 9.17) is 9.72 Å². The van der Waals surface area contributed by atoms with Gasteiger partial charge in [-0.3, -0.25) is 0 Å². The molecule has 1 saturated heterocycles. The number of piperidine rings is 1. The lowest BCUT2D eigenvalue weighted by molar-refractivity contribution is 0.0500. The average Bonchev–Trinajstić information content (AvgIpc) is 3.29. The quantitative estimate of drug-likeness (QED) is 0.321. The van der Waals surface area contributed by atoms with E-state index in [1.54, 1.807) is 11.3 Å². The van der Waals surface area contributed by atoms with E-state index in [0.29, 0.717) is 6.54 Å². The molecule has 1 unspecified atom stereocenters. The first-order valence-electron chi connectivity index (χ1n) is 12.3. The topological polar surface area (TPSA) is 79.4 Å². The highest BCUT2D eigenvalue weighted by Crippen LogP contribution is 2.36. The van der Waals surface area contributed by atoms with Crippen molar-refractivity contribution in [1.29, 1.82) is 0 Å². The van der Waals surface area contributed by atoms with Gasteiger partial charge in [0.25, 0.3) is 0 Å². The highest BCUT2D eigenvalue weighted by molar-refractivity contribution is 7.21. The minimum Gasteiger partial charge on any atom is -0.444 e. The van der Waals surface area contributed by atoms with Crippen molar-refractivity contribution in [1.82, 2.24) is 15.3 Å². The Morgan fingerprint density at radius 3 is 2.67 bits per heavy atom. The van der Waals surface area contributed by atoms with Crippen LogP contribution in [-0.2, 0) is 4.74 Å². The largest absolute Gasteiger partial charge is 0.444 e. The SMILES string of the molecule is CC(C)(C)OC(=O)NC1CCCN(c2ccccc2Nc2nccc3sc(-c4ccccc4)nc23)C1. The number of fused-ring (bicyclic) bond motifs is 1.